The van der Waals surface area contributed by atoms with Gasteiger partial charge < -0.3 is 14.1 Å². The van der Waals surface area contributed by atoms with Crippen LogP contribution in [0.3, 0.4) is 0 Å². The van der Waals surface area contributed by atoms with Crippen LogP contribution in [0.4, 0.5) is 5.13 Å². The van der Waals surface area contributed by atoms with Gasteiger partial charge in [-0.3, -0.25) is 0 Å². The van der Waals surface area contributed by atoms with E-state index in [2.05, 4.69) is 9.88 Å². The Morgan fingerprint density at radius 3 is 3.11 bits per heavy atom. The van der Waals surface area contributed by atoms with Gasteiger partial charge in [-0.05, 0) is 25.0 Å². The summed E-state index contributed by atoms with van der Waals surface area (Å²) in [6.45, 7) is 0.686. The Labute approximate surface area is 114 Å². The van der Waals surface area contributed by atoms with Gasteiger partial charge in [0.1, 0.15) is 10.6 Å². The van der Waals surface area contributed by atoms with Crippen molar-refractivity contribution in [2.24, 2.45) is 0 Å². The molecule has 0 aliphatic heterocycles. The Morgan fingerprint density at radius 1 is 1.63 bits per heavy atom. The number of furan rings is 1. The van der Waals surface area contributed by atoms with Gasteiger partial charge >= 0.3 is 5.97 Å². The van der Waals surface area contributed by atoms with Gasteiger partial charge in [-0.15, -0.1) is 0 Å². The van der Waals surface area contributed by atoms with Crippen LogP contribution in [-0.4, -0.2) is 24.1 Å². The topological polar surface area (TPSA) is 55.6 Å². The van der Waals surface area contributed by atoms with Gasteiger partial charge in [0.05, 0.1) is 26.1 Å². The Bertz CT molecular complexity index is 560. The molecule has 2 heterocycles. The summed E-state index contributed by atoms with van der Waals surface area (Å²) in [5.74, 6) is 0.569. The highest BCUT2D eigenvalue weighted by Crippen LogP contribution is 2.35. The van der Waals surface area contributed by atoms with E-state index in [9.17, 15) is 4.79 Å². The Hall–Kier alpha value is -1.82. The maximum atomic E-state index is 11.5. The number of esters is 1. The monoisotopic (exact) mass is 278 g/mol. The first-order valence-electron chi connectivity index (χ1n) is 6.11. The summed E-state index contributed by atoms with van der Waals surface area (Å²) in [5.41, 5.74) is 0. The maximum absolute atomic E-state index is 11.5. The van der Waals surface area contributed by atoms with Crippen molar-refractivity contribution >= 4 is 22.4 Å². The Morgan fingerprint density at radius 2 is 2.47 bits per heavy atom. The summed E-state index contributed by atoms with van der Waals surface area (Å²) in [7, 11) is 1.38. The lowest BCUT2D eigenvalue weighted by atomic mass is 10.4. The number of ether oxygens (including phenoxy) is 1. The van der Waals surface area contributed by atoms with Crippen LogP contribution >= 0.6 is 11.3 Å². The summed E-state index contributed by atoms with van der Waals surface area (Å²) < 4.78 is 10.1. The molecule has 0 saturated heterocycles. The molecule has 19 heavy (non-hydrogen) atoms. The molecule has 0 amide bonds. The normalized spacial score (nSPS) is 14.4. The van der Waals surface area contributed by atoms with Crippen molar-refractivity contribution in [1.82, 2.24) is 4.98 Å². The predicted molar refractivity (Wildman–Crippen MR) is 71.4 cm³/mol. The molecule has 1 aliphatic rings. The van der Waals surface area contributed by atoms with Gasteiger partial charge in [0.25, 0.3) is 0 Å². The van der Waals surface area contributed by atoms with Crippen molar-refractivity contribution in [1.29, 1.82) is 0 Å². The molecule has 1 aliphatic carbocycles. The van der Waals surface area contributed by atoms with E-state index in [1.807, 2.05) is 12.1 Å². The summed E-state index contributed by atoms with van der Waals surface area (Å²) >= 11 is 1.36. The minimum absolute atomic E-state index is 0.336. The number of carbonyl (C=O) groups excluding carboxylic acids is 1. The van der Waals surface area contributed by atoms with E-state index >= 15 is 0 Å². The summed E-state index contributed by atoms with van der Waals surface area (Å²) in [6, 6.07) is 4.33. The average Bonchev–Trinajstić information content (AvgIpc) is 2.94. The molecule has 0 radical (unpaired) electrons. The number of nitrogens with zero attached hydrogens (tertiary/aromatic N) is 2. The van der Waals surface area contributed by atoms with Crippen LogP contribution < -0.4 is 4.90 Å². The zero-order valence-electron chi connectivity index (χ0n) is 10.5. The molecule has 0 spiro atoms. The van der Waals surface area contributed by atoms with Gasteiger partial charge in [0, 0.05) is 6.04 Å². The quantitative estimate of drug-likeness (QED) is 0.787. The molecule has 0 unspecified atom stereocenters. The first-order chi connectivity index (χ1) is 9.28. The van der Waals surface area contributed by atoms with Crippen LogP contribution in [0.25, 0.3) is 0 Å². The number of methoxy groups -OCH3 is 1. The minimum atomic E-state index is -0.336. The Kier molecular flexibility index (Phi) is 3.25. The SMILES string of the molecule is COC(=O)c1cnc(N(Cc2ccco2)C2CC2)s1. The number of carbonyl (C=O) groups is 1. The van der Waals surface area contributed by atoms with Crippen LogP contribution in [0, 0.1) is 0 Å². The number of rotatable bonds is 5. The number of hydrogen-bond acceptors (Lipinski definition) is 6. The predicted octanol–water partition coefficient (Wildman–Crippen LogP) is 2.69. The van der Waals surface area contributed by atoms with Gasteiger partial charge in [0.2, 0.25) is 0 Å². The van der Waals surface area contributed by atoms with Gasteiger partial charge in [-0.25, -0.2) is 9.78 Å². The van der Waals surface area contributed by atoms with E-state index in [4.69, 9.17) is 9.15 Å². The molecule has 6 heteroatoms. The molecule has 100 valence electrons. The fourth-order valence-electron chi connectivity index (χ4n) is 1.90. The Balaban J connectivity index is 1.80. The fraction of sp³-hybridized carbons (Fsp3) is 0.385. The number of hydrogen-bond donors (Lipinski definition) is 0. The highest BCUT2D eigenvalue weighted by molar-refractivity contribution is 7.17. The minimum Gasteiger partial charge on any atom is -0.467 e. The number of anilines is 1. The second-order valence-corrected chi connectivity index (χ2v) is 5.45. The van der Waals surface area contributed by atoms with Crippen molar-refractivity contribution in [2.75, 3.05) is 12.0 Å². The molecular formula is C13H14N2O3S. The molecule has 1 fully saturated rings. The van der Waals surface area contributed by atoms with E-state index in [0.29, 0.717) is 17.5 Å². The van der Waals surface area contributed by atoms with Crippen LogP contribution in [-0.2, 0) is 11.3 Å². The molecule has 0 N–H and O–H groups in total. The van der Waals surface area contributed by atoms with Crippen molar-refractivity contribution in [2.45, 2.75) is 25.4 Å². The second kappa shape index (κ2) is 5.05. The van der Waals surface area contributed by atoms with Crippen LogP contribution in [0.1, 0.15) is 28.3 Å². The third-order valence-corrected chi connectivity index (χ3v) is 4.03. The van der Waals surface area contributed by atoms with Gasteiger partial charge in [-0.2, -0.15) is 0 Å². The lowest BCUT2D eigenvalue weighted by molar-refractivity contribution is 0.0606. The molecule has 3 rings (SSSR count). The third-order valence-electron chi connectivity index (χ3n) is 3.02. The van der Waals surface area contributed by atoms with E-state index in [0.717, 1.165) is 23.7 Å². The van der Waals surface area contributed by atoms with E-state index < -0.39 is 0 Å². The molecule has 0 aromatic carbocycles. The van der Waals surface area contributed by atoms with Crippen LogP contribution in [0.15, 0.2) is 29.0 Å². The first kappa shape index (κ1) is 12.2. The fourth-order valence-corrected chi connectivity index (χ4v) is 2.81. The third kappa shape index (κ3) is 2.63. The summed E-state index contributed by atoms with van der Waals surface area (Å²) in [6.07, 6.45) is 5.56. The van der Waals surface area contributed by atoms with Crippen molar-refractivity contribution in [3.05, 3.63) is 35.2 Å². The number of aromatic nitrogens is 1. The molecule has 0 atom stereocenters. The van der Waals surface area contributed by atoms with Gasteiger partial charge in [-0.1, -0.05) is 11.3 Å². The highest BCUT2D eigenvalue weighted by atomic mass is 32.1. The summed E-state index contributed by atoms with van der Waals surface area (Å²) in [4.78, 5) is 18.5. The van der Waals surface area contributed by atoms with Crippen molar-refractivity contribution < 1.29 is 13.9 Å². The molecular weight excluding hydrogens is 264 g/mol. The van der Waals surface area contributed by atoms with Crippen molar-refractivity contribution in [3.8, 4) is 0 Å². The van der Waals surface area contributed by atoms with E-state index in [1.54, 1.807) is 12.5 Å². The van der Waals surface area contributed by atoms with E-state index in [-0.39, 0.29) is 5.97 Å². The molecule has 2 aromatic heterocycles. The van der Waals surface area contributed by atoms with E-state index in [1.165, 1.54) is 18.4 Å². The van der Waals surface area contributed by atoms with Crippen LogP contribution in [0.5, 0.6) is 0 Å². The molecule has 2 aromatic rings. The smallest absolute Gasteiger partial charge is 0.349 e. The average molecular weight is 278 g/mol. The lowest BCUT2D eigenvalue weighted by Crippen LogP contribution is -2.24. The molecule has 0 bridgehead atoms. The molecule has 5 nitrogen and oxygen atoms in total. The lowest BCUT2D eigenvalue weighted by Gasteiger charge is -2.19. The van der Waals surface area contributed by atoms with Gasteiger partial charge in [0.15, 0.2) is 5.13 Å². The maximum Gasteiger partial charge on any atom is 0.349 e. The standard InChI is InChI=1S/C13H14N2O3S/c1-17-12(16)11-7-14-13(19-11)15(9-4-5-9)8-10-3-2-6-18-10/h2-3,6-7,9H,4-5,8H2,1H3. The summed E-state index contributed by atoms with van der Waals surface area (Å²) in [5, 5.41) is 0.847. The number of thiazole rings is 1. The highest BCUT2D eigenvalue weighted by Gasteiger charge is 2.32. The second-order valence-electron chi connectivity index (χ2n) is 4.44. The van der Waals surface area contributed by atoms with Crippen LogP contribution in [0.2, 0.25) is 0 Å². The first-order valence-corrected chi connectivity index (χ1v) is 6.92. The largest absolute Gasteiger partial charge is 0.467 e. The zero-order chi connectivity index (χ0) is 13.2. The van der Waals surface area contributed by atoms with Crippen molar-refractivity contribution in [3.63, 3.8) is 0 Å². The zero-order valence-corrected chi connectivity index (χ0v) is 11.4. The molecule has 1 saturated carbocycles.